The standard InChI is InChI=1S/C15H17N3/c1-12(2)9-15-17-7-8-18(15)11-14-6-4-3-5-13(14)10-16/h3-8,12H,9,11H2,1-2H3. The second-order valence-corrected chi connectivity index (χ2v) is 4.84. The summed E-state index contributed by atoms with van der Waals surface area (Å²) in [6, 6.07) is 9.95. The maximum atomic E-state index is 9.09. The molecule has 0 N–H and O–H groups in total. The number of benzene rings is 1. The molecule has 0 bridgehead atoms. The lowest BCUT2D eigenvalue weighted by molar-refractivity contribution is 0.590. The summed E-state index contributed by atoms with van der Waals surface area (Å²) < 4.78 is 2.12. The van der Waals surface area contributed by atoms with Gasteiger partial charge in [-0.1, -0.05) is 32.0 Å². The summed E-state index contributed by atoms with van der Waals surface area (Å²) in [5.41, 5.74) is 1.78. The van der Waals surface area contributed by atoms with E-state index in [0.717, 1.165) is 23.4 Å². The summed E-state index contributed by atoms with van der Waals surface area (Å²) in [6.45, 7) is 5.08. The molecule has 92 valence electrons. The van der Waals surface area contributed by atoms with Crippen LogP contribution in [-0.4, -0.2) is 9.55 Å². The molecule has 0 fully saturated rings. The highest BCUT2D eigenvalue weighted by atomic mass is 15.1. The van der Waals surface area contributed by atoms with Gasteiger partial charge in [-0.2, -0.15) is 5.26 Å². The minimum atomic E-state index is 0.581. The van der Waals surface area contributed by atoms with Crippen LogP contribution in [0.3, 0.4) is 0 Å². The van der Waals surface area contributed by atoms with Gasteiger partial charge in [0.25, 0.3) is 0 Å². The monoisotopic (exact) mass is 239 g/mol. The van der Waals surface area contributed by atoms with Gasteiger partial charge in [-0.05, 0) is 17.5 Å². The Kier molecular flexibility index (Phi) is 3.78. The van der Waals surface area contributed by atoms with Gasteiger partial charge in [-0.15, -0.1) is 0 Å². The molecule has 0 unspecified atom stereocenters. The fourth-order valence-electron chi connectivity index (χ4n) is 1.99. The molecule has 0 aliphatic rings. The minimum Gasteiger partial charge on any atom is -0.330 e. The Morgan fingerprint density at radius 3 is 2.83 bits per heavy atom. The Morgan fingerprint density at radius 2 is 2.11 bits per heavy atom. The molecule has 0 saturated heterocycles. The number of nitrogens with zero attached hydrogens (tertiary/aromatic N) is 3. The van der Waals surface area contributed by atoms with Gasteiger partial charge in [0.1, 0.15) is 5.82 Å². The van der Waals surface area contributed by atoms with E-state index in [1.807, 2.05) is 36.7 Å². The van der Waals surface area contributed by atoms with Crippen LogP contribution in [0.1, 0.15) is 30.8 Å². The number of aromatic nitrogens is 2. The second kappa shape index (κ2) is 5.50. The maximum absolute atomic E-state index is 9.09. The smallest absolute Gasteiger partial charge is 0.109 e. The highest BCUT2D eigenvalue weighted by molar-refractivity contribution is 5.37. The zero-order valence-corrected chi connectivity index (χ0v) is 10.8. The fraction of sp³-hybridized carbons (Fsp3) is 0.333. The molecule has 2 aromatic rings. The van der Waals surface area contributed by atoms with Crippen LogP contribution >= 0.6 is 0 Å². The predicted octanol–water partition coefficient (Wildman–Crippen LogP) is 3.00. The average Bonchev–Trinajstić information content (AvgIpc) is 2.76. The van der Waals surface area contributed by atoms with E-state index < -0.39 is 0 Å². The van der Waals surface area contributed by atoms with Crippen molar-refractivity contribution in [3.63, 3.8) is 0 Å². The van der Waals surface area contributed by atoms with Crippen LogP contribution < -0.4 is 0 Å². The molecule has 0 saturated carbocycles. The van der Waals surface area contributed by atoms with E-state index in [9.17, 15) is 0 Å². The molecule has 0 aliphatic carbocycles. The van der Waals surface area contributed by atoms with E-state index in [2.05, 4.69) is 29.5 Å². The van der Waals surface area contributed by atoms with E-state index in [4.69, 9.17) is 5.26 Å². The van der Waals surface area contributed by atoms with Gasteiger partial charge in [0.2, 0.25) is 0 Å². The van der Waals surface area contributed by atoms with Crippen LogP contribution in [0, 0.1) is 17.2 Å². The van der Waals surface area contributed by atoms with E-state index in [1.165, 1.54) is 0 Å². The van der Waals surface area contributed by atoms with Crippen molar-refractivity contribution in [2.24, 2.45) is 5.92 Å². The van der Waals surface area contributed by atoms with E-state index >= 15 is 0 Å². The quantitative estimate of drug-likeness (QED) is 0.823. The van der Waals surface area contributed by atoms with Gasteiger partial charge in [0.15, 0.2) is 0 Å². The number of hydrogen-bond donors (Lipinski definition) is 0. The van der Waals surface area contributed by atoms with Gasteiger partial charge in [-0.25, -0.2) is 4.98 Å². The normalized spacial score (nSPS) is 10.6. The molecule has 1 heterocycles. The highest BCUT2D eigenvalue weighted by Gasteiger charge is 2.07. The van der Waals surface area contributed by atoms with Crippen LogP contribution in [0.15, 0.2) is 36.7 Å². The zero-order chi connectivity index (χ0) is 13.0. The van der Waals surface area contributed by atoms with Gasteiger partial charge in [-0.3, -0.25) is 0 Å². The van der Waals surface area contributed by atoms with Crippen LogP contribution in [0.4, 0.5) is 0 Å². The van der Waals surface area contributed by atoms with Crippen molar-refractivity contribution < 1.29 is 0 Å². The van der Waals surface area contributed by atoms with Crippen molar-refractivity contribution in [2.75, 3.05) is 0 Å². The first kappa shape index (κ1) is 12.4. The number of imidazole rings is 1. The van der Waals surface area contributed by atoms with Crippen molar-refractivity contribution in [3.8, 4) is 6.07 Å². The fourth-order valence-corrected chi connectivity index (χ4v) is 1.99. The molecule has 3 nitrogen and oxygen atoms in total. The van der Waals surface area contributed by atoms with Crippen molar-refractivity contribution >= 4 is 0 Å². The Bertz CT molecular complexity index is 561. The molecule has 0 spiro atoms. The molecular weight excluding hydrogens is 222 g/mol. The van der Waals surface area contributed by atoms with Gasteiger partial charge in [0.05, 0.1) is 18.2 Å². The highest BCUT2D eigenvalue weighted by Crippen LogP contribution is 2.12. The molecule has 18 heavy (non-hydrogen) atoms. The summed E-state index contributed by atoms with van der Waals surface area (Å²) in [4.78, 5) is 4.39. The Balaban J connectivity index is 2.24. The van der Waals surface area contributed by atoms with Crippen molar-refractivity contribution in [1.82, 2.24) is 9.55 Å². The molecule has 2 rings (SSSR count). The lowest BCUT2D eigenvalue weighted by atomic mass is 10.1. The molecule has 3 heteroatoms. The third-order valence-corrected chi connectivity index (χ3v) is 2.87. The van der Waals surface area contributed by atoms with Crippen molar-refractivity contribution in [3.05, 3.63) is 53.6 Å². The Morgan fingerprint density at radius 1 is 1.33 bits per heavy atom. The maximum Gasteiger partial charge on any atom is 0.109 e. The zero-order valence-electron chi connectivity index (χ0n) is 10.8. The average molecular weight is 239 g/mol. The summed E-state index contributed by atoms with van der Waals surface area (Å²) in [5.74, 6) is 1.66. The van der Waals surface area contributed by atoms with Crippen LogP contribution in [0.2, 0.25) is 0 Å². The summed E-state index contributed by atoms with van der Waals surface area (Å²) in [6.07, 6.45) is 4.76. The van der Waals surface area contributed by atoms with Gasteiger partial charge >= 0.3 is 0 Å². The molecule has 0 amide bonds. The molecule has 0 aliphatic heterocycles. The van der Waals surface area contributed by atoms with Crippen molar-refractivity contribution in [1.29, 1.82) is 5.26 Å². The van der Waals surface area contributed by atoms with E-state index in [0.29, 0.717) is 12.5 Å². The largest absolute Gasteiger partial charge is 0.330 e. The summed E-state index contributed by atoms with van der Waals surface area (Å²) in [7, 11) is 0. The number of rotatable bonds is 4. The Hall–Kier alpha value is -2.08. The second-order valence-electron chi connectivity index (χ2n) is 4.84. The first-order valence-corrected chi connectivity index (χ1v) is 6.18. The lowest BCUT2D eigenvalue weighted by Gasteiger charge is -2.10. The number of nitriles is 1. The van der Waals surface area contributed by atoms with Crippen LogP contribution in [0.5, 0.6) is 0 Å². The van der Waals surface area contributed by atoms with Gasteiger partial charge in [0, 0.05) is 18.8 Å². The van der Waals surface area contributed by atoms with E-state index in [-0.39, 0.29) is 0 Å². The third kappa shape index (κ3) is 2.78. The minimum absolute atomic E-state index is 0.581. The van der Waals surface area contributed by atoms with Crippen LogP contribution in [-0.2, 0) is 13.0 Å². The topological polar surface area (TPSA) is 41.6 Å². The summed E-state index contributed by atoms with van der Waals surface area (Å²) >= 11 is 0. The third-order valence-electron chi connectivity index (χ3n) is 2.87. The van der Waals surface area contributed by atoms with Gasteiger partial charge < -0.3 is 4.57 Å². The Labute approximate surface area is 108 Å². The predicted molar refractivity (Wildman–Crippen MR) is 71.0 cm³/mol. The molecule has 1 aromatic heterocycles. The lowest BCUT2D eigenvalue weighted by Crippen LogP contribution is -2.08. The molecule has 0 radical (unpaired) electrons. The first-order chi connectivity index (χ1) is 8.70. The van der Waals surface area contributed by atoms with Crippen molar-refractivity contribution in [2.45, 2.75) is 26.8 Å². The summed E-state index contributed by atoms with van der Waals surface area (Å²) in [5, 5.41) is 9.09. The molecule has 1 aromatic carbocycles. The first-order valence-electron chi connectivity index (χ1n) is 6.18. The van der Waals surface area contributed by atoms with E-state index in [1.54, 1.807) is 0 Å². The van der Waals surface area contributed by atoms with Crippen LogP contribution in [0.25, 0.3) is 0 Å². The number of hydrogen-bond acceptors (Lipinski definition) is 2. The molecular formula is C15H17N3. The SMILES string of the molecule is CC(C)Cc1nccn1Cc1ccccc1C#N. The molecule has 0 atom stereocenters.